The lowest BCUT2D eigenvalue weighted by Crippen LogP contribution is -2.26. The van der Waals surface area contributed by atoms with Crippen LogP contribution < -0.4 is 5.32 Å². The summed E-state index contributed by atoms with van der Waals surface area (Å²) in [6.07, 6.45) is 0.370. The second kappa shape index (κ2) is 2.86. The number of rotatable bonds is 0. The Labute approximate surface area is 60.7 Å². The zero-order valence-electron chi connectivity index (χ0n) is 6.01. The van der Waals surface area contributed by atoms with Gasteiger partial charge >= 0.3 is 0 Å². The summed E-state index contributed by atoms with van der Waals surface area (Å²) in [7, 11) is 0. The fourth-order valence-corrected chi connectivity index (χ4v) is 1.52. The molecule has 2 fully saturated rings. The number of nitrogens with one attached hydrogen (secondary N) is 1. The Balaban J connectivity index is 1.95. The summed E-state index contributed by atoms with van der Waals surface area (Å²) in [5.74, 6) is 0.600. The molecule has 2 aliphatic heterocycles. The molecule has 0 unspecified atom stereocenters. The molecule has 0 aromatic carbocycles. The lowest BCUT2D eigenvalue weighted by Gasteiger charge is -2.11. The van der Waals surface area contributed by atoms with Gasteiger partial charge in [-0.1, -0.05) is 0 Å². The lowest BCUT2D eigenvalue weighted by molar-refractivity contribution is 0.0410. The van der Waals surface area contributed by atoms with Gasteiger partial charge < -0.3 is 14.8 Å². The summed E-state index contributed by atoms with van der Waals surface area (Å²) in [5.41, 5.74) is 0. The predicted molar refractivity (Wildman–Crippen MR) is 36.9 cm³/mol. The normalized spacial score (nSPS) is 40.8. The highest BCUT2D eigenvalue weighted by Gasteiger charge is 2.29. The van der Waals surface area contributed by atoms with Gasteiger partial charge in [0.25, 0.3) is 0 Å². The molecule has 0 bridgehead atoms. The molecule has 3 heteroatoms. The SMILES string of the molecule is C1CO[C@H]2COC[C@@H]2CN1. The fourth-order valence-electron chi connectivity index (χ4n) is 1.52. The van der Waals surface area contributed by atoms with E-state index in [4.69, 9.17) is 9.47 Å². The van der Waals surface area contributed by atoms with Crippen LogP contribution in [-0.4, -0.2) is 39.0 Å². The molecule has 2 saturated heterocycles. The number of ether oxygens (including phenoxy) is 2. The van der Waals surface area contributed by atoms with Crippen molar-refractivity contribution in [3.05, 3.63) is 0 Å². The smallest absolute Gasteiger partial charge is 0.0871 e. The van der Waals surface area contributed by atoms with Gasteiger partial charge in [0.05, 0.1) is 25.9 Å². The van der Waals surface area contributed by atoms with Crippen LogP contribution in [0.15, 0.2) is 0 Å². The van der Waals surface area contributed by atoms with Crippen molar-refractivity contribution in [2.75, 3.05) is 32.9 Å². The molecule has 0 radical (unpaired) electrons. The van der Waals surface area contributed by atoms with E-state index in [1.165, 1.54) is 0 Å². The molecule has 0 aliphatic carbocycles. The molecule has 2 rings (SSSR count). The van der Waals surface area contributed by atoms with E-state index in [9.17, 15) is 0 Å². The zero-order valence-corrected chi connectivity index (χ0v) is 6.01. The minimum Gasteiger partial charge on any atom is -0.378 e. The molecule has 0 amide bonds. The van der Waals surface area contributed by atoms with Crippen LogP contribution in [0.4, 0.5) is 0 Å². The quantitative estimate of drug-likeness (QED) is 0.501. The third-order valence-corrected chi connectivity index (χ3v) is 2.16. The Morgan fingerprint density at radius 3 is 3.30 bits per heavy atom. The van der Waals surface area contributed by atoms with Gasteiger partial charge in [0.2, 0.25) is 0 Å². The van der Waals surface area contributed by atoms with Crippen LogP contribution in [-0.2, 0) is 9.47 Å². The Kier molecular flexibility index (Phi) is 1.88. The predicted octanol–water partition coefficient (Wildman–Crippen LogP) is -0.379. The largest absolute Gasteiger partial charge is 0.378 e. The summed E-state index contributed by atoms with van der Waals surface area (Å²) in [5, 5.41) is 3.31. The molecule has 3 nitrogen and oxygen atoms in total. The zero-order chi connectivity index (χ0) is 6.81. The number of hydrogen-bond donors (Lipinski definition) is 1. The number of hydrogen-bond acceptors (Lipinski definition) is 3. The van der Waals surface area contributed by atoms with Crippen LogP contribution in [0.5, 0.6) is 0 Å². The molecular formula is C7H13NO2. The van der Waals surface area contributed by atoms with E-state index in [1.54, 1.807) is 0 Å². The standard InChI is InChI=1S/C7H13NO2/c1-2-10-7-5-9-4-6(7)3-8-1/h6-8H,1-5H2/t6-,7-/m0/s1. The second-order valence-electron chi connectivity index (χ2n) is 2.91. The molecule has 10 heavy (non-hydrogen) atoms. The summed E-state index contributed by atoms with van der Waals surface area (Å²) >= 11 is 0. The second-order valence-corrected chi connectivity index (χ2v) is 2.91. The summed E-state index contributed by atoms with van der Waals surface area (Å²) < 4.78 is 10.8. The van der Waals surface area contributed by atoms with Gasteiger partial charge in [-0.25, -0.2) is 0 Å². The van der Waals surface area contributed by atoms with E-state index in [2.05, 4.69) is 5.32 Å². The highest BCUT2D eigenvalue weighted by atomic mass is 16.5. The third-order valence-electron chi connectivity index (χ3n) is 2.16. The average molecular weight is 143 g/mol. The van der Waals surface area contributed by atoms with Crippen molar-refractivity contribution in [1.29, 1.82) is 0 Å². The van der Waals surface area contributed by atoms with Gasteiger partial charge in [-0.05, 0) is 0 Å². The minimum absolute atomic E-state index is 0.370. The van der Waals surface area contributed by atoms with Crippen molar-refractivity contribution < 1.29 is 9.47 Å². The van der Waals surface area contributed by atoms with E-state index in [0.717, 1.165) is 32.9 Å². The first-order valence-electron chi connectivity index (χ1n) is 3.87. The van der Waals surface area contributed by atoms with E-state index >= 15 is 0 Å². The third kappa shape index (κ3) is 1.17. The first-order chi connectivity index (χ1) is 4.97. The molecule has 0 spiro atoms. The molecule has 58 valence electrons. The van der Waals surface area contributed by atoms with Crippen LogP contribution in [0, 0.1) is 5.92 Å². The van der Waals surface area contributed by atoms with Crippen LogP contribution in [0.25, 0.3) is 0 Å². The molecular weight excluding hydrogens is 130 g/mol. The van der Waals surface area contributed by atoms with Gasteiger partial charge in [-0.3, -0.25) is 0 Å². The molecule has 2 heterocycles. The van der Waals surface area contributed by atoms with E-state index in [-0.39, 0.29) is 0 Å². The van der Waals surface area contributed by atoms with Gasteiger partial charge in [0.15, 0.2) is 0 Å². The molecule has 2 atom stereocenters. The summed E-state index contributed by atoms with van der Waals surface area (Å²) in [4.78, 5) is 0. The van der Waals surface area contributed by atoms with E-state index < -0.39 is 0 Å². The van der Waals surface area contributed by atoms with Crippen molar-refractivity contribution in [1.82, 2.24) is 5.32 Å². The Bertz CT molecular complexity index is 106. The fraction of sp³-hybridized carbons (Fsp3) is 1.00. The summed E-state index contributed by atoms with van der Waals surface area (Å²) in [6, 6.07) is 0. The highest BCUT2D eigenvalue weighted by molar-refractivity contribution is 4.79. The van der Waals surface area contributed by atoms with Crippen molar-refractivity contribution in [3.8, 4) is 0 Å². The van der Waals surface area contributed by atoms with E-state index in [0.29, 0.717) is 12.0 Å². The molecule has 1 N–H and O–H groups in total. The molecule has 0 saturated carbocycles. The maximum absolute atomic E-state index is 5.54. The summed E-state index contributed by atoms with van der Waals surface area (Å²) in [6.45, 7) is 4.56. The Morgan fingerprint density at radius 1 is 1.30 bits per heavy atom. The van der Waals surface area contributed by atoms with Crippen molar-refractivity contribution in [2.24, 2.45) is 5.92 Å². The maximum atomic E-state index is 5.54. The van der Waals surface area contributed by atoms with Crippen LogP contribution >= 0.6 is 0 Å². The maximum Gasteiger partial charge on any atom is 0.0871 e. The monoisotopic (exact) mass is 143 g/mol. The van der Waals surface area contributed by atoms with E-state index in [1.807, 2.05) is 0 Å². The van der Waals surface area contributed by atoms with Crippen molar-refractivity contribution >= 4 is 0 Å². The molecule has 2 aliphatic rings. The van der Waals surface area contributed by atoms with Crippen LogP contribution in [0.1, 0.15) is 0 Å². The lowest BCUT2D eigenvalue weighted by atomic mass is 10.1. The van der Waals surface area contributed by atoms with Crippen molar-refractivity contribution in [3.63, 3.8) is 0 Å². The highest BCUT2D eigenvalue weighted by Crippen LogP contribution is 2.17. The average Bonchev–Trinajstić information content (AvgIpc) is 2.28. The minimum atomic E-state index is 0.370. The topological polar surface area (TPSA) is 30.5 Å². The van der Waals surface area contributed by atoms with Crippen LogP contribution in [0.3, 0.4) is 0 Å². The Morgan fingerprint density at radius 2 is 2.30 bits per heavy atom. The Hall–Kier alpha value is -0.120. The van der Waals surface area contributed by atoms with Gasteiger partial charge in [0, 0.05) is 19.0 Å². The van der Waals surface area contributed by atoms with Gasteiger partial charge in [-0.15, -0.1) is 0 Å². The van der Waals surface area contributed by atoms with Crippen molar-refractivity contribution in [2.45, 2.75) is 6.10 Å². The molecule has 0 aromatic heterocycles. The molecule has 0 aromatic rings. The first-order valence-corrected chi connectivity index (χ1v) is 3.87. The van der Waals surface area contributed by atoms with Gasteiger partial charge in [-0.2, -0.15) is 0 Å². The van der Waals surface area contributed by atoms with Crippen LogP contribution in [0.2, 0.25) is 0 Å². The number of fused-ring (bicyclic) bond motifs is 1. The first kappa shape index (κ1) is 6.58. The van der Waals surface area contributed by atoms with Gasteiger partial charge in [0.1, 0.15) is 0 Å².